The van der Waals surface area contributed by atoms with Gasteiger partial charge in [0.25, 0.3) is 5.22 Å². The van der Waals surface area contributed by atoms with Crippen molar-refractivity contribution in [2.45, 2.75) is 37.5 Å². The van der Waals surface area contributed by atoms with Gasteiger partial charge in [-0.2, -0.15) is 0 Å². The zero-order valence-corrected chi connectivity index (χ0v) is 13.5. The molecular weight excluding hydrogens is 306 g/mol. The van der Waals surface area contributed by atoms with E-state index in [1.165, 1.54) is 16.6 Å². The van der Waals surface area contributed by atoms with Crippen LogP contribution in [0.25, 0.3) is 0 Å². The lowest BCUT2D eigenvalue weighted by molar-refractivity contribution is -0.128. The van der Waals surface area contributed by atoms with Crippen molar-refractivity contribution in [2.75, 3.05) is 12.3 Å². The molecule has 2 aromatic heterocycles. The number of hydrogen-bond acceptors (Lipinski definition) is 6. The van der Waals surface area contributed by atoms with E-state index in [0.29, 0.717) is 29.3 Å². The van der Waals surface area contributed by atoms with Crippen molar-refractivity contribution >= 4 is 29.0 Å². The molecule has 2 heterocycles. The molecule has 0 spiro atoms. The van der Waals surface area contributed by atoms with Crippen molar-refractivity contribution in [2.24, 2.45) is 0 Å². The summed E-state index contributed by atoms with van der Waals surface area (Å²) in [7, 11) is 0. The molecule has 3 rings (SSSR count). The fourth-order valence-corrected chi connectivity index (χ4v) is 3.52. The van der Waals surface area contributed by atoms with Gasteiger partial charge in [0.05, 0.1) is 12.2 Å². The van der Waals surface area contributed by atoms with Gasteiger partial charge in [-0.3, -0.25) is 4.79 Å². The molecule has 0 unspecified atom stereocenters. The van der Waals surface area contributed by atoms with Gasteiger partial charge in [0.15, 0.2) is 0 Å². The number of carbonyl (C=O) groups is 1. The maximum absolute atomic E-state index is 12.1. The highest BCUT2D eigenvalue weighted by molar-refractivity contribution is 7.99. The summed E-state index contributed by atoms with van der Waals surface area (Å²) in [5, 5.41) is 10.5. The summed E-state index contributed by atoms with van der Waals surface area (Å²) in [6, 6.07) is 4.50. The minimum Gasteiger partial charge on any atom is -0.416 e. The lowest BCUT2D eigenvalue weighted by Gasteiger charge is -2.19. The third kappa shape index (κ3) is 3.85. The Morgan fingerprint density at radius 3 is 3.05 bits per heavy atom. The number of carbonyl (C=O) groups excluding carboxylic acids is 1. The highest BCUT2D eigenvalue weighted by Gasteiger charge is 2.31. The Kier molecular flexibility index (Phi) is 4.60. The van der Waals surface area contributed by atoms with Crippen LogP contribution < -0.4 is 0 Å². The van der Waals surface area contributed by atoms with E-state index >= 15 is 0 Å². The Balaban J connectivity index is 1.51. The smallest absolute Gasteiger partial charge is 0.277 e. The van der Waals surface area contributed by atoms with Crippen LogP contribution in [0.15, 0.2) is 27.2 Å². The molecule has 0 N–H and O–H groups in total. The van der Waals surface area contributed by atoms with E-state index < -0.39 is 0 Å². The van der Waals surface area contributed by atoms with Crippen molar-refractivity contribution in [1.29, 1.82) is 0 Å². The molecule has 0 radical (unpaired) electrons. The molecule has 1 fully saturated rings. The monoisotopic (exact) mass is 323 g/mol. The summed E-state index contributed by atoms with van der Waals surface area (Å²) in [6.45, 7) is 2.80. The SMILES string of the molecule is CCN(C(=O)CSc1nnc(Cc2cccs2)o1)C1CC1. The summed E-state index contributed by atoms with van der Waals surface area (Å²) in [5.41, 5.74) is 0. The zero-order valence-electron chi connectivity index (χ0n) is 11.8. The second-order valence-electron chi connectivity index (χ2n) is 4.92. The molecule has 0 aromatic carbocycles. The lowest BCUT2D eigenvalue weighted by Crippen LogP contribution is -2.34. The standard InChI is InChI=1S/C14H17N3O2S2/c1-2-17(10-5-6-10)13(18)9-21-14-16-15-12(19-14)8-11-4-3-7-20-11/h3-4,7,10H,2,5-6,8-9H2,1H3. The van der Waals surface area contributed by atoms with Crippen molar-refractivity contribution in [3.05, 3.63) is 28.3 Å². The molecule has 0 atom stereocenters. The first-order valence-electron chi connectivity index (χ1n) is 7.03. The van der Waals surface area contributed by atoms with Crippen LogP contribution >= 0.6 is 23.1 Å². The van der Waals surface area contributed by atoms with E-state index in [2.05, 4.69) is 10.2 Å². The molecule has 1 amide bonds. The summed E-state index contributed by atoms with van der Waals surface area (Å²) in [4.78, 5) is 15.2. The minimum atomic E-state index is 0.156. The third-order valence-electron chi connectivity index (χ3n) is 3.32. The zero-order chi connectivity index (χ0) is 14.7. The van der Waals surface area contributed by atoms with E-state index in [-0.39, 0.29) is 5.91 Å². The van der Waals surface area contributed by atoms with Crippen LogP contribution in [-0.4, -0.2) is 39.3 Å². The van der Waals surface area contributed by atoms with Gasteiger partial charge in [-0.05, 0) is 31.2 Å². The molecule has 1 saturated carbocycles. The van der Waals surface area contributed by atoms with E-state index in [1.807, 2.05) is 29.3 Å². The van der Waals surface area contributed by atoms with Crippen LogP contribution in [0.5, 0.6) is 0 Å². The molecule has 7 heteroatoms. The first kappa shape index (κ1) is 14.6. The normalized spacial score (nSPS) is 14.3. The maximum atomic E-state index is 12.1. The lowest BCUT2D eigenvalue weighted by atomic mass is 10.3. The van der Waals surface area contributed by atoms with Crippen LogP contribution in [-0.2, 0) is 11.2 Å². The number of hydrogen-bond donors (Lipinski definition) is 0. The molecule has 21 heavy (non-hydrogen) atoms. The van der Waals surface area contributed by atoms with Gasteiger partial charge in [0.1, 0.15) is 0 Å². The van der Waals surface area contributed by atoms with Gasteiger partial charge < -0.3 is 9.32 Å². The summed E-state index contributed by atoms with van der Waals surface area (Å²) in [6.07, 6.45) is 2.92. The van der Waals surface area contributed by atoms with Gasteiger partial charge >= 0.3 is 0 Å². The number of rotatable bonds is 7. The number of amides is 1. The van der Waals surface area contributed by atoms with Crippen LogP contribution in [0.4, 0.5) is 0 Å². The van der Waals surface area contributed by atoms with Gasteiger partial charge in [-0.1, -0.05) is 17.8 Å². The van der Waals surface area contributed by atoms with E-state index in [9.17, 15) is 4.79 Å². The Hall–Kier alpha value is -1.34. The summed E-state index contributed by atoms with van der Waals surface area (Å²) < 4.78 is 5.57. The largest absolute Gasteiger partial charge is 0.416 e. The quantitative estimate of drug-likeness (QED) is 0.733. The van der Waals surface area contributed by atoms with Crippen molar-refractivity contribution in [1.82, 2.24) is 15.1 Å². The molecule has 112 valence electrons. The minimum absolute atomic E-state index is 0.156. The molecular formula is C14H17N3O2S2. The highest BCUT2D eigenvalue weighted by atomic mass is 32.2. The third-order valence-corrected chi connectivity index (χ3v) is 5.00. The van der Waals surface area contributed by atoms with Crippen LogP contribution in [0.1, 0.15) is 30.5 Å². The van der Waals surface area contributed by atoms with Crippen LogP contribution in [0.2, 0.25) is 0 Å². The van der Waals surface area contributed by atoms with Gasteiger partial charge in [0, 0.05) is 17.5 Å². The topological polar surface area (TPSA) is 59.2 Å². The van der Waals surface area contributed by atoms with E-state index in [0.717, 1.165) is 19.4 Å². The fraction of sp³-hybridized carbons (Fsp3) is 0.500. The molecule has 0 saturated heterocycles. The average molecular weight is 323 g/mol. The Morgan fingerprint density at radius 1 is 1.52 bits per heavy atom. The number of thioether (sulfide) groups is 1. The molecule has 1 aliphatic carbocycles. The van der Waals surface area contributed by atoms with Crippen molar-refractivity contribution in [3.8, 4) is 0 Å². The molecule has 0 aliphatic heterocycles. The summed E-state index contributed by atoms with van der Waals surface area (Å²) >= 11 is 2.99. The Bertz CT molecular complexity index is 593. The number of thiophene rings is 1. The van der Waals surface area contributed by atoms with Crippen LogP contribution in [0, 0.1) is 0 Å². The van der Waals surface area contributed by atoms with E-state index in [4.69, 9.17) is 4.42 Å². The maximum Gasteiger partial charge on any atom is 0.277 e. The second kappa shape index (κ2) is 6.62. The molecule has 0 bridgehead atoms. The fourth-order valence-electron chi connectivity index (χ4n) is 2.16. The molecule has 2 aromatic rings. The van der Waals surface area contributed by atoms with Gasteiger partial charge in [-0.15, -0.1) is 21.5 Å². The average Bonchev–Trinajstić information content (AvgIpc) is 3.01. The Labute approximate surface area is 131 Å². The van der Waals surface area contributed by atoms with E-state index in [1.54, 1.807) is 11.3 Å². The molecule has 1 aliphatic rings. The molecule has 5 nitrogen and oxygen atoms in total. The Morgan fingerprint density at radius 2 is 2.38 bits per heavy atom. The number of nitrogens with zero attached hydrogens (tertiary/aromatic N) is 3. The van der Waals surface area contributed by atoms with Crippen molar-refractivity contribution < 1.29 is 9.21 Å². The summed E-state index contributed by atoms with van der Waals surface area (Å²) in [5.74, 6) is 1.12. The predicted molar refractivity (Wildman–Crippen MR) is 82.6 cm³/mol. The highest BCUT2D eigenvalue weighted by Crippen LogP contribution is 2.28. The van der Waals surface area contributed by atoms with Gasteiger partial charge in [0.2, 0.25) is 11.8 Å². The van der Waals surface area contributed by atoms with Crippen LogP contribution in [0.3, 0.4) is 0 Å². The predicted octanol–water partition coefficient (Wildman–Crippen LogP) is 2.82. The van der Waals surface area contributed by atoms with Crippen molar-refractivity contribution in [3.63, 3.8) is 0 Å². The first-order chi connectivity index (χ1) is 10.3. The number of aromatic nitrogens is 2. The van der Waals surface area contributed by atoms with Gasteiger partial charge in [-0.25, -0.2) is 0 Å². The first-order valence-corrected chi connectivity index (χ1v) is 8.90. The second-order valence-corrected chi connectivity index (χ2v) is 6.88.